The van der Waals surface area contributed by atoms with Crippen LogP contribution in [0.3, 0.4) is 0 Å². The average Bonchev–Trinajstić information content (AvgIpc) is 3.22. The number of fused-ring (bicyclic) bond motifs is 3. The first kappa shape index (κ1) is 19.0. The summed E-state index contributed by atoms with van der Waals surface area (Å²) in [6, 6.07) is 24.7. The number of carbonyl (C=O) groups excluding carboxylic acids is 2. The molecule has 3 aromatic carbocycles. The molecule has 0 amide bonds. The van der Waals surface area contributed by atoms with Crippen LogP contribution in [0.5, 0.6) is 5.75 Å². The largest absolute Gasteiger partial charge is 0.449 e. The van der Waals surface area contributed by atoms with E-state index in [2.05, 4.69) is 0 Å². The smallest absolute Gasteiger partial charge is 0.281 e. The van der Waals surface area contributed by atoms with Gasteiger partial charge in [-0.3, -0.25) is 9.59 Å². The number of carbonyl (C=O) groups is 2. The molecule has 2 aliphatic heterocycles. The van der Waals surface area contributed by atoms with Crippen LogP contribution in [-0.2, 0) is 27.3 Å². The van der Waals surface area contributed by atoms with Crippen molar-refractivity contribution in [2.45, 2.75) is 31.3 Å². The summed E-state index contributed by atoms with van der Waals surface area (Å²) in [4.78, 5) is 25.7. The molecule has 2 atom stereocenters. The van der Waals surface area contributed by atoms with E-state index >= 15 is 0 Å². The zero-order chi connectivity index (χ0) is 21.7. The number of benzene rings is 3. The third-order valence-electron chi connectivity index (χ3n) is 6.31. The summed E-state index contributed by atoms with van der Waals surface area (Å²) < 4.78 is 19.2. The molecule has 2 heterocycles. The minimum Gasteiger partial charge on any atom is -0.449 e. The van der Waals surface area contributed by atoms with Gasteiger partial charge in [-0.05, 0) is 17.2 Å². The maximum absolute atomic E-state index is 12.9. The first-order valence-electron chi connectivity index (χ1n) is 10.7. The lowest BCUT2D eigenvalue weighted by Gasteiger charge is -2.41. The maximum Gasteiger partial charge on any atom is 0.281 e. The second-order valence-corrected chi connectivity index (χ2v) is 8.30. The van der Waals surface area contributed by atoms with Crippen LogP contribution in [0.2, 0.25) is 0 Å². The summed E-state index contributed by atoms with van der Waals surface area (Å²) in [7, 11) is 0. The van der Waals surface area contributed by atoms with Crippen molar-refractivity contribution in [1.29, 1.82) is 0 Å². The summed E-state index contributed by atoms with van der Waals surface area (Å²) >= 11 is 0. The van der Waals surface area contributed by atoms with Crippen molar-refractivity contribution < 1.29 is 23.8 Å². The number of para-hydroxylation sites is 1. The molecular formula is C27H20O5. The van der Waals surface area contributed by atoms with Gasteiger partial charge in [0.05, 0.1) is 18.6 Å². The van der Waals surface area contributed by atoms with Crippen LogP contribution in [0.15, 0.2) is 84.4 Å². The molecule has 0 saturated carbocycles. The number of ether oxygens (including phenoxy) is 3. The maximum atomic E-state index is 12.9. The normalized spacial score (nSPS) is 23.3. The van der Waals surface area contributed by atoms with Gasteiger partial charge >= 0.3 is 0 Å². The Morgan fingerprint density at radius 3 is 2.38 bits per heavy atom. The Balaban J connectivity index is 1.39. The van der Waals surface area contributed by atoms with E-state index < -0.39 is 23.5 Å². The molecule has 158 valence electrons. The summed E-state index contributed by atoms with van der Waals surface area (Å²) in [5, 5.41) is 0. The average molecular weight is 424 g/mol. The Bertz CT molecular complexity index is 1280. The van der Waals surface area contributed by atoms with Crippen LogP contribution in [0.1, 0.15) is 33.5 Å². The Labute approximate surface area is 185 Å². The topological polar surface area (TPSA) is 61.8 Å². The molecule has 1 aliphatic carbocycles. The highest BCUT2D eigenvalue weighted by Gasteiger charge is 2.56. The fraction of sp³-hybridized carbons (Fsp3) is 0.185. The molecule has 0 fully saturated rings. The van der Waals surface area contributed by atoms with E-state index in [0.29, 0.717) is 41.2 Å². The third kappa shape index (κ3) is 2.89. The van der Waals surface area contributed by atoms with E-state index in [-0.39, 0.29) is 6.42 Å². The first-order valence-corrected chi connectivity index (χ1v) is 10.7. The molecule has 5 nitrogen and oxygen atoms in total. The summed E-state index contributed by atoms with van der Waals surface area (Å²) in [6.45, 7) is 0.385. The zero-order valence-electron chi connectivity index (χ0n) is 17.2. The lowest BCUT2D eigenvalue weighted by Crippen LogP contribution is -2.52. The molecular weight excluding hydrogens is 404 g/mol. The van der Waals surface area contributed by atoms with Crippen LogP contribution in [0.25, 0.3) is 5.76 Å². The number of rotatable bonds is 3. The fourth-order valence-electron chi connectivity index (χ4n) is 4.71. The van der Waals surface area contributed by atoms with Crippen LogP contribution in [0, 0.1) is 0 Å². The van der Waals surface area contributed by atoms with Crippen molar-refractivity contribution >= 4 is 17.3 Å². The molecule has 3 aromatic rings. The lowest BCUT2D eigenvalue weighted by atomic mass is 9.85. The van der Waals surface area contributed by atoms with E-state index in [4.69, 9.17) is 14.2 Å². The van der Waals surface area contributed by atoms with Gasteiger partial charge in [0.2, 0.25) is 11.6 Å². The second kappa shape index (κ2) is 7.18. The van der Waals surface area contributed by atoms with Crippen LogP contribution in [-0.4, -0.2) is 23.5 Å². The van der Waals surface area contributed by atoms with E-state index in [1.807, 2.05) is 66.7 Å². The third-order valence-corrected chi connectivity index (χ3v) is 6.31. The van der Waals surface area contributed by atoms with Crippen LogP contribution in [0.4, 0.5) is 0 Å². The molecule has 2 unspecified atom stereocenters. The molecule has 0 aromatic heterocycles. The second-order valence-electron chi connectivity index (χ2n) is 8.30. The van der Waals surface area contributed by atoms with Gasteiger partial charge in [0.25, 0.3) is 5.79 Å². The molecule has 0 bridgehead atoms. The quantitative estimate of drug-likeness (QED) is 0.580. The lowest BCUT2D eigenvalue weighted by molar-refractivity contribution is -0.218. The van der Waals surface area contributed by atoms with Gasteiger partial charge in [-0.25, -0.2) is 0 Å². The number of Topliss-reactive ketones (excluding diaryl/α,β-unsaturated/α-hetero) is 2. The first-order chi connectivity index (χ1) is 15.6. The van der Waals surface area contributed by atoms with E-state index in [9.17, 15) is 9.59 Å². The molecule has 0 radical (unpaired) electrons. The van der Waals surface area contributed by atoms with Gasteiger partial charge in [-0.2, -0.15) is 0 Å². The molecule has 3 aliphatic rings. The highest BCUT2D eigenvalue weighted by molar-refractivity contribution is 6.52. The summed E-state index contributed by atoms with van der Waals surface area (Å²) in [5.41, 5.74) is 3.42. The fourth-order valence-corrected chi connectivity index (χ4v) is 4.71. The minimum absolute atomic E-state index is 0.162. The van der Waals surface area contributed by atoms with Gasteiger partial charge in [-0.1, -0.05) is 72.8 Å². The zero-order valence-corrected chi connectivity index (χ0v) is 17.2. The highest BCUT2D eigenvalue weighted by Crippen LogP contribution is 2.49. The molecule has 6 rings (SSSR count). The van der Waals surface area contributed by atoms with Crippen molar-refractivity contribution in [3.05, 3.63) is 107 Å². The van der Waals surface area contributed by atoms with Crippen molar-refractivity contribution in [1.82, 2.24) is 0 Å². The standard InChI is InChI=1S/C27H20O5/c28-24-19-11-5-6-12-20(19)26-21(25(24)29)15-27(32-26)23(30-16-17-8-2-1-3-9-17)14-18-10-4-7-13-22(18)31-27/h1-13,23H,14-16H2. The Kier molecular flexibility index (Phi) is 4.26. The Morgan fingerprint density at radius 2 is 1.53 bits per heavy atom. The van der Waals surface area contributed by atoms with Crippen LogP contribution >= 0.6 is 0 Å². The number of hydrogen-bond donors (Lipinski definition) is 0. The van der Waals surface area contributed by atoms with Crippen molar-refractivity contribution in [3.63, 3.8) is 0 Å². The van der Waals surface area contributed by atoms with Gasteiger partial charge < -0.3 is 14.2 Å². The number of ketones is 2. The molecule has 32 heavy (non-hydrogen) atoms. The SMILES string of the molecule is O=C1C(=O)c2ccccc2C2=C1CC1(O2)Oc2ccccc2CC1OCc1ccccc1. The predicted molar refractivity (Wildman–Crippen MR) is 117 cm³/mol. The highest BCUT2D eigenvalue weighted by atomic mass is 16.7. The van der Waals surface area contributed by atoms with Gasteiger partial charge in [0.15, 0.2) is 0 Å². The molecule has 1 spiro atoms. The Morgan fingerprint density at radius 1 is 0.812 bits per heavy atom. The predicted octanol–water partition coefficient (Wildman–Crippen LogP) is 4.50. The van der Waals surface area contributed by atoms with Crippen LogP contribution < -0.4 is 4.74 Å². The van der Waals surface area contributed by atoms with Crippen molar-refractivity contribution in [2.75, 3.05) is 0 Å². The summed E-state index contributed by atoms with van der Waals surface area (Å²) in [6.07, 6.45) is 0.279. The minimum atomic E-state index is -1.21. The van der Waals surface area contributed by atoms with E-state index in [1.54, 1.807) is 12.1 Å². The molecule has 0 saturated heterocycles. The van der Waals surface area contributed by atoms with Crippen molar-refractivity contribution in [2.24, 2.45) is 0 Å². The Hall–Kier alpha value is -3.70. The van der Waals surface area contributed by atoms with E-state index in [0.717, 1.165) is 11.1 Å². The van der Waals surface area contributed by atoms with Gasteiger partial charge in [0, 0.05) is 17.5 Å². The van der Waals surface area contributed by atoms with Gasteiger partial charge in [-0.15, -0.1) is 0 Å². The number of hydrogen-bond acceptors (Lipinski definition) is 5. The summed E-state index contributed by atoms with van der Waals surface area (Å²) in [5.74, 6) is -1.10. The molecule has 5 heteroatoms. The van der Waals surface area contributed by atoms with Crippen molar-refractivity contribution in [3.8, 4) is 5.75 Å². The van der Waals surface area contributed by atoms with Gasteiger partial charge in [0.1, 0.15) is 17.6 Å². The molecule has 0 N–H and O–H groups in total. The monoisotopic (exact) mass is 424 g/mol. The van der Waals surface area contributed by atoms with E-state index in [1.165, 1.54) is 0 Å².